The third kappa shape index (κ3) is 3.18. The van der Waals surface area contributed by atoms with Crippen LogP contribution in [0.25, 0.3) is 0 Å². The summed E-state index contributed by atoms with van der Waals surface area (Å²) >= 11 is 0. The fourth-order valence-electron chi connectivity index (χ4n) is 4.11. The fourth-order valence-corrected chi connectivity index (χ4v) is 4.11. The topological polar surface area (TPSA) is 34.1 Å². The van der Waals surface area contributed by atoms with Crippen molar-refractivity contribution >= 4 is 5.71 Å². The third-order valence-electron chi connectivity index (χ3n) is 5.55. The van der Waals surface area contributed by atoms with Crippen molar-refractivity contribution in [2.75, 3.05) is 27.2 Å². The van der Waals surface area contributed by atoms with Gasteiger partial charge in [0.15, 0.2) is 0 Å². The van der Waals surface area contributed by atoms with E-state index in [0.717, 1.165) is 31.6 Å². The number of aryl methyl sites for hydroxylation is 1. The summed E-state index contributed by atoms with van der Waals surface area (Å²) in [7, 11) is 4.16. The van der Waals surface area contributed by atoms with E-state index in [1.807, 2.05) is 0 Å². The third-order valence-corrected chi connectivity index (χ3v) is 5.55. The zero-order chi connectivity index (χ0) is 18.1. The average Bonchev–Trinajstić information content (AvgIpc) is 3.36. The Balaban J connectivity index is 1.56. The van der Waals surface area contributed by atoms with Crippen molar-refractivity contribution in [1.82, 2.24) is 4.90 Å². The lowest BCUT2D eigenvalue weighted by Crippen LogP contribution is -2.34. The molecule has 0 aromatic heterocycles. The molecular weight excluding hydrogens is 324 g/mol. The Morgan fingerprint density at radius 1 is 1.35 bits per heavy atom. The van der Waals surface area contributed by atoms with Gasteiger partial charge in [0.05, 0.1) is 11.6 Å². The van der Waals surface area contributed by atoms with Crippen molar-refractivity contribution in [3.63, 3.8) is 0 Å². The maximum atomic E-state index is 6.55. The molecule has 3 unspecified atom stereocenters. The molecule has 0 N–H and O–H groups in total. The van der Waals surface area contributed by atoms with Gasteiger partial charge in [-0.2, -0.15) is 0 Å². The molecule has 0 bridgehead atoms. The number of nitrogens with zero attached hydrogens (tertiary/aromatic N) is 2. The molecule has 0 spiro atoms. The quantitative estimate of drug-likeness (QED) is 0.573. The smallest absolute Gasteiger partial charge is 0.143 e. The van der Waals surface area contributed by atoms with Gasteiger partial charge in [-0.15, -0.1) is 0 Å². The first-order chi connectivity index (χ1) is 12.6. The van der Waals surface area contributed by atoms with Gasteiger partial charge in [0.25, 0.3) is 0 Å². The van der Waals surface area contributed by atoms with E-state index < -0.39 is 0 Å². The van der Waals surface area contributed by atoms with E-state index in [4.69, 9.17) is 9.57 Å². The molecule has 0 radical (unpaired) electrons. The van der Waals surface area contributed by atoms with E-state index in [2.05, 4.69) is 73.6 Å². The van der Waals surface area contributed by atoms with Crippen LogP contribution < -0.4 is 0 Å². The van der Waals surface area contributed by atoms with Crippen molar-refractivity contribution in [2.45, 2.75) is 31.8 Å². The SMILES string of the molecule is Cc1cccc(C23CC2C(=NOCCCN(C)C)C2CC=CC=C2O3)c1. The largest absolute Gasteiger partial charge is 0.485 e. The van der Waals surface area contributed by atoms with Crippen LogP contribution in [0.2, 0.25) is 0 Å². The Hall–Kier alpha value is -2.07. The van der Waals surface area contributed by atoms with Crippen LogP contribution in [-0.4, -0.2) is 37.9 Å². The van der Waals surface area contributed by atoms with Crippen LogP contribution in [0.3, 0.4) is 0 Å². The van der Waals surface area contributed by atoms with Gasteiger partial charge in [0.2, 0.25) is 0 Å². The zero-order valence-electron chi connectivity index (χ0n) is 15.9. The van der Waals surface area contributed by atoms with Crippen molar-refractivity contribution in [1.29, 1.82) is 0 Å². The maximum absolute atomic E-state index is 6.55. The molecule has 138 valence electrons. The highest BCUT2D eigenvalue weighted by Gasteiger charge is 2.65. The molecule has 4 heteroatoms. The Kier molecular flexibility index (Phi) is 4.62. The molecule has 4 nitrogen and oxygen atoms in total. The predicted octanol–water partition coefficient (Wildman–Crippen LogP) is 4.02. The van der Waals surface area contributed by atoms with Crippen LogP contribution in [-0.2, 0) is 15.2 Å². The number of hydrogen-bond donors (Lipinski definition) is 0. The van der Waals surface area contributed by atoms with Crippen molar-refractivity contribution in [3.05, 3.63) is 59.4 Å². The highest BCUT2D eigenvalue weighted by atomic mass is 16.6. The maximum Gasteiger partial charge on any atom is 0.143 e. The highest BCUT2D eigenvalue weighted by molar-refractivity contribution is 5.96. The lowest BCUT2D eigenvalue weighted by Gasteiger charge is -2.34. The van der Waals surface area contributed by atoms with Crippen molar-refractivity contribution < 1.29 is 9.57 Å². The van der Waals surface area contributed by atoms with E-state index >= 15 is 0 Å². The summed E-state index contributed by atoms with van der Waals surface area (Å²) in [4.78, 5) is 7.90. The number of benzene rings is 1. The van der Waals surface area contributed by atoms with E-state index in [-0.39, 0.29) is 11.5 Å². The number of oxime groups is 1. The van der Waals surface area contributed by atoms with Gasteiger partial charge in [-0.25, -0.2) is 0 Å². The molecule has 2 fully saturated rings. The van der Waals surface area contributed by atoms with Gasteiger partial charge in [-0.1, -0.05) is 47.1 Å². The number of allylic oxidation sites excluding steroid dienone is 4. The van der Waals surface area contributed by atoms with Gasteiger partial charge >= 0.3 is 0 Å². The van der Waals surface area contributed by atoms with Crippen LogP contribution in [0, 0.1) is 18.8 Å². The molecule has 1 saturated heterocycles. The van der Waals surface area contributed by atoms with Crippen LogP contribution in [0.4, 0.5) is 0 Å². The van der Waals surface area contributed by atoms with Gasteiger partial charge in [0, 0.05) is 18.9 Å². The Morgan fingerprint density at radius 2 is 2.23 bits per heavy atom. The number of fused-ring (bicyclic) bond motifs is 2. The monoisotopic (exact) mass is 352 g/mol. The highest BCUT2D eigenvalue weighted by Crippen LogP contribution is 2.62. The van der Waals surface area contributed by atoms with Crippen LogP contribution >= 0.6 is 0 Å². The van der Waals surface area contributed by atoms with E-state index in [1.54, 1.807) is 0 Å². The van der Waals surface area contributed by atoms with Crippen molar-refractivity contribution in [2.24, 2.45) is 17.0 Å². The van der Waals surface area contributed by atoms with Crippen LogP contribution in [0.5, 0.6) is 0 Å². The fraction of sp³-hybridized carbons (Fsp3) is 0.500. The summed E-state index contributed by atoms with van der Waals surface area (Å²) in [6.45, 7) is 3.81. The van der Waals surface area contributed by atoms with Crippen LogP contribution in [0.15, 0.2) is 53.4 Å². The molecule has 1 aromatic carbocycles. The molecule has 0 amide bonds. The van der Waals surface area contributed by atoms with Crippen molar-refractivity contribution in [3.8, 4) is 0 Å². The van der Waals surface area contributed by atoms with E-state index in [0.29, 0.717) is 12.5 Å². The minimum absolute atomic E-state index is 0.235. The van der Waals surface area contributed by atoms with E-state index in [1.165, 1.54) is 16.8 Å². The first kappa shape index (κ1) is 17.3. The minimum atomic E-state index is -0.245. The summed E-state index contributed by atoms with van der Waals surface area (Å²) in [6.07, 6.45) is 9.31. The van der Waals surface area contributed by atoms with E-state index in [9.17, 15) is 0 Å². The van der Waals surface area contributed by atoms with Gasteiger partial charge in [-0.3, -0.25) is 0 Å². The number of ether oxygens (including phenoxy) is 1. The molecular formula is C22H28N2O2. The lowest BCUT2D eigenvalue weighted by atomic mass is 9.86. The summed E-state index contributed by atoms with van der Waals surface area (Å²) in [5.41, 5.74) is 3.45. The molecule has 26 heavy (non-hydrogen) atoms. The minimum Gasteiger partial charge on any atom is -0.485 e. The second-order valence-corrected chi connectivity index (χ2v) is 7.91. The molecule has 1 aliphatic heterocycles. The zero-order valence-corrected chi connectivity index (χ0v) is 15.9. The van der Waals surface area contributed by atoms with Gasteiger partial charge in [0.1, 0.15) is 18.0 Å². The molecule has 1 aromatic rings. The molecule has 1 saturated carbocycles. The molecule has 3 atom stereocenters. The molecule has 3 aliphatic rings. The normalized spacial score (nSPS) is 30.5. The standard InChI is InChI=1S/C22H28N2O2/c1-16-8-6-9-17(14-16)22-15-19(22)21(23-25-13-7-12-24(2)3)18-10-4-5-11-20(18)26-22/h4-6,8-9,11,14,18-19H,7,10,12-13,15H2,1-3H3. The summed E-state index contributed by atoms with van der Waals surface area (Å²) in [5.74, 6) is 1.60. The molecule has 1 heterocycles. The van der Waals surface area contributed by atoms with Gasteiger partial charge < -0.3 is 14.5 Å². The first-order valence-electron chi connectivity index (χ1n) is 9.57. The summed E-state index contributed by atoms with van der Waals surface area (Å²) < 4.78 is 6.55. The Labute approximate surface area is 156 Å². The number of hydrogen-bond acceptors (Lipinski definition) is 4. The Bertz CT molecular complexity index is 765. The second kappa shape index (κ2) is 6.92. The Morgan fingerprint density at radius 3 is 3.04 bits per heavy atom. The lowest BCUT2D eigenvalue weighted by molar-refractivity contribution is 0.0544. The average molecular weight is 352 g/mol. The first-order valence-corrected chi connectivity index (χ1v) is 9.57. The summed E-state index contributed by atoms with van der Waals surface area (Å²) in [5, 5.41) is 4.62. The molecule has 4 rings (SSSR count). The summed E-state index contributed by atoms with van der Waals surface area (Å²) in [6, 6.07) is 8.68. The van der Waals surface area contributed by atoms with Crippen LogP contribution in [0.1, 0.15) is 30.4 Å². The molecule has 2 aliphatic carbocycles. The number of rotatable bonds is 6. The van der Waals surface area contributed by atoms with Gasteiger partial charge in [-0.05, 0) is 45.5 Å². The predicted molar refractivity (Wildman–Crippen MR) is 104 cm³/mol. The second-order valence-electron chi connectivity index (χ2n) is 7.91.